The van der Waals surface area contributed by atoms with Crippen molar-refractivity contribution in [1.82, 2.24) is 10.2 Å². The van der Waals surface area contributed by atoms with Crippen molar-refractivity contribution >= 4 is 11.9 Å². The Morgan fingerprint density at radius 1 is 1.27 bits per heavy atom. The van der Waals surface area contributed by atoms with Crippen molar-refractivity contribution in [2.45, 2.75) is 26.4 Å². The topological polar surface area (TPSA) is 89.9 Å². The predicted octanol–water partition coefficient (Wildman–Crippen LogP) is 0.950. The molecule has 1 aromatic rings. The highest BCUT2D eigenvalue weighted by Gasteiger charge is 2.24. The molecule has 22 heavy (non-hydrogen) atoms. The fourth-order valence-corrected chi connectivity index (χ4v) is 2.15. The highest BCUT2D eigenvalue weighted by Crippen LogP contribution is 2.12. The number of carbonyl (C=O) groups excluding carboxylic acids is 1. The fourth-order valence-electron chi connectivity index (χ4n) is 2.15. The number of nitrogens with zero attached hydrogens (tertiary/aromatic N) is 1. The Morgan fingerprint density at radius 3 is 2.45 bits per heavy atom. The fraction of sp³-hybridized carbons (Fsp3) is 0.500. The van der Waals surface area contributed by atoms with Gasteiger partial charge in [0.25, 0.3) is 5.91 Å². The van der Waals surface area contributed by atoms with Gasteiger partial charge in [0.05, 0.1) is 6.61 Å². The molecule has 0 saturated carbocycles. The van der Waals surface area contributed by atoms with E-state index in [1.54, 1.807) is 26.0 Å². The number of aliphatic carboxylic acids is 1. The van der Waals surface area contributed by atoms with Crippen LogP contribution in [0.2, 0.25) is 0 Å². The Kier molecular flexibility index (Phi) is 7.01. The van der Waals surface area contributed by atoms with Gasteiger partial charge in [-0.15, -0.1) is 0 Å². The highest BCUT2D eigenvalue weighted by atomic mass is 16.4. The summed E-state index contributed by atoms with van der Waals surface area (Å²) in [5.74, 6) is -1.64. The zero-order valence-corrected chi connectivity index (χ0v) is 13.2. The molecule has 3 N–H and O–H groups in total. The molecule has 122 valence electrons. The van der Waals surface area contributed by atoms with Gasteiger partial charge in [0.15, 0.2) is 0 Å². The number of benzene rings is 1. The summed E-state index contributed by atoms with van der Waals surface area (Å²) in [5.41, 5.74) is 1.25. The van der Waals surface area contributed by atoms with E-state index in [2.05, 4.69) is 5.32 Å². The number of hydrogen-bond donors (Lipinski definition) is 3. The summed E-state index contributed by atoms with van der Waals surface area (Å²) in [4.78, 5) is 25.5. The molecule has 1 aromatic carbocycles. The first-order valence-corrected chi connectivity index (χ1v) is 7.27. The summed E-state index contributed by atoms with van der Waals surface area (Å²) in [7, 11) is 1.85. The molecule has 0 radical (unpaired) electrons. The highest BCUT2D eigenvalue weighted by molar-refractivity contribution is 5.97. The van der Waals surface area contributed by atoms with E-state index in [-0.39, 0.29) is 12.5 Å². The summed E-state index contributed by atoms with van der Waals surface area (Å²) >= 11 is 0. The molecular formula is C16H24N2O4. The molecular weight excluding hydrogens is 284 g/mol. The van der Waals surface area contributed by atoms with E-state index < -0.39 is 17.9 Å². The average molecular weight is 308 g/mol. The van der Waals surface area contributed by atoms with Gasteiger partial charge in [-0.2, -0.15) is 0 Å². The van der Waals surface area contributed by atoms with Crippen molar-refractivity contribution < 1.29 is 19.8 Å². The van der Waals surface area contributed by atoms with Gasteiger partial charge in [-0.1, -0.05) is 32.0 Å². The van der Waals surface area contributed by atoms with E-state index in [9.17, 15) is 14.7 Å². The number of likely N-dealkylation sites (N-methyl/N-ethyl adjacent to an activating group) is 1. The molecule has 6 heteroatoms. The van der Waals surface area contributed by atoms with Gasteiger partial charge >= 0.3 is 5.97 Å². The molecule has 0 aromatic heterocycles. The van der Waals surface area contributed by atoms with Crippen molar-refractivity contribution in [2.75, 3.05) is 20.2 Å². The van der Waals surface area contributed by atoms with Crippen LogP contribution in [0, 0.1) is 5.92 Å². The van der Waals surface area contributed by atoms with Crippen LogP contribution in [0.1, 0.15) is 29.8 Å². The van der Waals surface area contributed by atoms with Crippen LogP contribution in [0.15, 0.2) is 24.3 Å². The lowest BCUT2D eigenvalue weighted by Crippen LogP contribution is -2.44. The molecule has 1 amide bonds. The molecule has 0 heterocycles. The van der Waals surface area contributed by atoms with Gasteiger partial charge in [-0.05, 0) is 24.6 Å². The summed E-state index contributed by atoms with van der Waals surface area (Å²) in [5, 5.41) is 20.7. The molecule has 0 aliphatic rings. The number of amides is 1. The first-order valence-electron chi connectivity index (χ1n) is 7.27. The molecule has 1 atom stereocenters. The molecule has 1 unspecified atom stereocenters. The minimum Gasteiger partial charge on any atom is -0.480 e. The maximum absolute atomic E-state index is 12.4. The van der Waals surface area contributed by atoms with Crippen LogP contribution in [0.25, 0.3) is 0 Å². The summed E-state index contributed by atoms with van der Waals surface area (Å²) in [6.07, 6.45) is 0. The SMILES string of the molecule is CC(C)C(NC(=O)c1ccccc1CN(C)CCO)C(=O)O. The number of carboxylic acids is 1. The standard InChI is InChI=1S/C16H24N2O4/c1-11(2)14(16(21)22)17-15(20)13-7-5-4-6-12(13)10-18(3)8-9-19/h4-7,11,14,19H,8-10H2,1-3H3,(H,17,20)(H,21,22). The van der Waals surface area contributed by atoms with Crippen molar-refractivity contribution in [1.29, 1.82) is 0 Å². The predicted molar refractivity (Wildman–Crippen MR) is 83.6 cm³/mol. The average Bonchev–Trinajstić information content (AvgIpc) is 2.44. The smallest absolute Gasteiger partial charge is 0.326 e. The number of aliphatic hydroxyl groups excluding tert-OH is 1. The number of carbonyl (C=O) groups is 2. The van der Waals surface area contributed by atoms with Crippen LogP contribution >= 0.6 is 0 Å². The van der Waals surface area contributed by atoms with E-state index in [0.717, 1.165) is 5.56 Å². The second-order valence-corrected chi connectivity index (χ2v) is 5.65. The Hall–Kier alpha value is -1.92. The van der Waals surface area contributed by atoms with E-state index in [0.29, 0.717) is 18.7 Å². The Balaban J connectivity index is 2.91. The normalized spacial score (nSPS) is 12.5. The molecule has 0 spiro atoms. The maximum atomic E-state index is 12.4. The van der Waals surface area contributed by atoms with Crippen LogP contribution in [0.4, 0.5) is 0 Å². The summed E-state index contributed by atoms with van der Waals surface area (Å²) in [6.45, 7) is 4.54. The molecule has 0 saturated heterocycles. The first kappa shape index (κ1) is 18.1. The minimum absolute atomic E-state index is 0.0410. The van der Waals surface area contributed by atoms with Crippen LogP contribution in [0.3, 0.4) is 0 Å². The lowest BCUT2D eigenvalue weighted by molar-refractivity contribution is -0.140. The van der Waals surface area contributed by atoms with Crippen LogP contribution in [-0.2, 0) is 11.3 Å². The lowest BCUT2D eigenvalue weighted by Gasteiger charge is -2.20. The Bertz CT molecular complexity index is 517. The molecule has 1 rings (SSSR count). The monoisotopic (exact) mass is 308 g/mol. The number of nitrogens with one attached hydrogen (secondary N) is 1. The largest absolute Gasteiger partial charge is 0.480 e. The van der Waals surface area contributed by atoms with Gasteiger partial charge in [0, 0.05) is 18.7 Å². The van der Waals surface area contributed by atoms with Crippen LogP contribution < -0.4 is 5.32 Å². The summed E-state index contributed by atoms with van der Waals surface area (Å²) < 4.78 is 0. The molecule has 0 bridgehead atoms. The second-order valence-electron chi connectivity index (χ2n) is 5.65. The lowest BCUT2D eigenvalue weighted by atomic mass is 10.0. The maximum Gasteiger partial charge on any atom is 0.326 e. The number of hydrogen-bond acceptors (Lipinski definition) is 4. The third-order valence-electron chi connectivity index (χ3n) is 3.40. The summed E-state index contributed by atoms with van der Waals surface area (Å²) in [6, 6.07) is 6.16. The molecule has 0 aliphatic heterocycles. The molecule has 0 aliphatic carbocycles. The second kappa shape index (κ2) is 8.51. The number of rotatable bonds is 8. The molecule has 6 nitrogen and oxygen atoms in total. The van der Waals surface area contributed by atoms with Gasteiger partial charge in [0.1, 0.15) is 6.04 Å². The number of aliphatic hydroxyl groups is 1. The van der Waals surface area contributed by atoms with Crippen LogP contribution in [-0.4, -0.2) is 53.2 Å². The van der Waals surface area contributed by atoms with Gasteiger partial charge in [-0.25, -0.2) is 4.79 Å². The van der Waals surface area contributed by atoms with E-state index in [1.807, 2.05) is 24.1 Å². The first-order chi connectivity index (χ1) is 10.4. The molecule has 0 fully saturated rings. The zero-order chi connectivity index (χ0) is 16.7. The van der Waals surface area contributed by atoms with E-state index in [4.69, 9.17) is 5.11 Å². The Labute approximate surface area is 130 Å². The third kappa shape index (κ3) is 5.13. The number of carboxylic acid groups (broad SMARTS) is 1. The van der Waals surface area contributed by atoms with E-state index in [1.165, 1.54) is 0 Å². The van der Waals surface area contributed by atoms with Crippen molar-refractivity contribution in [3.63, 3.8) is 0 Å². The van der Waals surface area contributed by atoms with Crippen molar-refractivity contribution in [3.8, 4) is 0 Å². The van der Waals surface area contributed by atoms with Gasteiger partial charge in [-0.3, -0.25) is 9.69 Å². The van der Waals surface area contributed by atoms with Gasteiger partial charge in [0.2, 0.25) is 0 Å². The van der Waals surface area contributed by atoms with Crippen molar-refractivity contribution in [2.24, 2.45) is 5.92 Å². The van der Waals surface area contributed by atoms with E-state index >= 15 is 0 Å². The minimum atomic E-state index is -1.04. The van der Waals surface area contributed by atoms with Gasteiger partial charge < -0.3 is 15.5 Å². The Morgan fingerprint density at radius 2 is 1.91 bits per heavy atom. The third-order valence-corrected chi connectivity index (χ3v) is 3.40. The van der Waals surface area contributed by atoms with Crippen LogP contribution in [0.5, 0.6) is 0 Å². The quantitative estimate of drug-likeness (QED) is 0.665. The zero-order valence-electron chi connectivity index (χ0n) is 13.2. The van der Waals surface area contributed by atoms with Crippen molar-refractivity contribution in [3.05, 3.63) is 35.4 Å².